The van der Waals surface area contributed by atoms with Crippen molar-refractivity contribution in [3.63, 3.8) is 0 Å². The van der Waals surface area contributed by atoms with E-state index < -0.39 is 21.8 Å². The van der Waals surface area contributed by atoms with Gasteiger partial charge < -0.3 is 10.5 Å². The Morgan fingerprint density at radius 3 is 2.52 bits per heavy atom. The van der Waals surface area contributed by atoms with E-state index in [1.165, 1.54) is 7.11 Å². The van der Waals surface area contributed by atoms with Gasteiger partial charge in [0.25, 0.3) is 0 Å². The number of hydrogen-bond acceptors (Lipinski definition) is 4. The molecule has 21 heavy (non-hydrogen) atoms. The number of rotatable bonds is 6. The molecule has 1 rings (SSSR count). The Bertz CT molecular complexity index is 630. The van der Waals surface area contributed by atoms with E-state index in [9.17, 15) is 21.6 Å². The van der Waals surface area contributed by atoms with Gasteiger partial charge in [-0.05, 0) is 18.2 Å². The molecule has 0 bridgehead atoms. The highest BCUT2D eigenvalue weighted by atomic mass is 32.2. The number of ether oxygens (including phenoxy) is 1. The second-order valence-electron chi connectivity index (χ2n) is 4.04. The highest BCUT2D eigenvalue weighted by Crippen LogP contribution is 2.32. The maximum atomic E-state index is 12.6. The molecule has 0 aliphatic heterocycles. The van der Waals surface area contributed by atoms with Crippen LogP contribution in [0.25, 0.3) is 0 Å². The van der Waals surface area contributed by atoms with Gasteiger partial charge in [-0.15, -0.1) is 0 Å². The van der Waals surface area contributed by atoms with E-state index in [-0.39, 0.29) is 28.6 Å². The summed E-state index contributed by atoms with van der Waals surface area (Å²) in [6.07, 6.45) is -4.58. The average Bonchev–Trinajstić information content (AvgIpc) is 2.34. The van der Waals surface area contributed by atoms with E-state index in [0.717, 1.165) is 12.1 Å². The predicted molar refractivity (Wildman–Crippen MR) is 76.6 cm³/mol. The molecule has 0 aliphatic carbocycles. The third-order valence-corrected chi connectivity index (χ3v) is 3.89. The van der Waals surface area contributed by atoms with Gasteiger partial charge in [0, 0.05) is 12.7 Å². The second kappa shape index (κ2) is 6.58. The molecule has 3 N–H and O–H groups in total. The molecule has 1 aromatic rings. The number of anilines is 1. The van der Waals surface area contributed by atoms with Gasteiger partial charge in [0.15, 0.2) is 0 Å². The monoisotopic (exact) mass is 342 g/mol. The molecule has 5 nitrogen and oxygen atoms in total. The van der Waals surface area contributed by atoms with Crippen molar-refractivity contribution in [1.82, 2.24) is 0 Å². The van der Waals surface area contributed by atoms with E-state index in [4.69, 9.17) is 5.73 Å². The van der Waals surface area contributed by atoms with Gasteiger partial charge in [0.2, 0.25) is 10.0 Å². The molecule has 0 saturated heterocycles. The van der Waals surface area contributed by atoms with Crippen molar-refractivity contribution in [2.45, 2.75) is 6.18 Å². The van der Waals surface area contributed by atoms with Gasteiger partial charge >= 0.3 is 6.18 Å². The van der Waals surface area contributed by atoms with Gasteiger partial charge in [0.05, 0.1) is 23.6 Å². The Balaban J connectivity index is 3.17. The first kappa shape index (κ1) is 17.7. The molecular weight excluding hydrogens is 329 g/mol. The molecule has 0 unspecified atom stereocenters. The molecule has 0 heterocycles. The molecule has 1 aromatic carbocycles. The minimum absolute atomic E-state index is 0.0572. The van der Waals surface area contributed by atoms with Crippen molar-refractivity contribution in [3.05, 3.63) is 29.3 Å². The Labute approximate surface area is 125 Å². The summed E-state index contributed by atoms with van der Waals surface area (Å²) in [6.45, 7) is -0.0572. The summed E-state index contributed by atoms with van der Waals surface area (Å²) in [5.74, 6) is -0.346. The van der Waals surface area contributed by atoms with Crippen molar-refractivity contribution < 1.29 is 26.3 Å². The van der Waals surface area contributed by atoms with Crippen molar-refractivity contribution in [2.24, 2.45) is 5.73 Å². The van der Waals surface area contributed by atoms with Crippen LogP contribution < -0.4 is 10.5 Å². The van der Waals surface area contributed by atoms with Crippen LogP contribution in [0.2, 0.25) is 0 Å². The number of halogens is 3. The zero-order chi connectivity index (χ0) is 16.3. The largest absolute Gasteiger partial charge is 0.416 e. The van der Waals surface area contributed by atoms with E-state index >= 15 is 0 Å². The molecule has 10 heteroatoms. The number of benzene rings is 1. The van der Waals surface area contributed by atoms with Crippen LogP contribution in [0.4, 0.5) is 18.9 Å². The molecule has 118 valence electrons. The van der Waals surface area contributed by atoms with E-state index in [0.29, 0.717) is 6.07 Å². The normalized spacial score (nSPS) is 12.2. The van der Waals surface area contributed by atoms with E-state index in [1.54, 1.807) is 0 Å². The fraction of sp³-hybridized carbons (Fsp3) is 0.364. The first-order valence-corrected chi connectivity index (χ1v) is 7.63. The third kappa shape index (κ3) is 5.14. The van der Waals surface area contributed by atoms with Gasteiger partial charge in [-0.1, -0.05) is 12.2 Å². The molecule has 0 fully saturated rings. The number of thiocarbonyl (C=S) groups is 1. The van der Waals surface area contributed by atoms with Gasteiger partial charge in [0.1, 0.15) is 4.99 Å². The first-order chi connectivity index (χ1) is 9.57. The highest BCUT2D eigenvalue weighted by molar-refractivity contribution is 7.92. The molecule has 0 saturated carbocycles. The van der Waals surface area contributed by atoms with Crippen LogP contribution in [0.5, 0.6) is 0 Å². The van der Waals surface area contributed by atoms with E-state index in [2.05, 4.69) is 21.7 Å². The maximum absolute atomic E-state index is 12.6. The van der Waals surface area contributed by atoms with Crippen LogP contribution in [-0.4, -0.2) is 32.9 Å². The van der Waals surface area contributed by atoms with Crippen LogP contribution in [0, 0.1) is 0 Å². The van der Waals surface area contributed by atoms with Crippen LogP contribution in [-0.2, 0) is 20.9 Å². The van der Waals surface area contributed by atoms with Crippen molar-refractivity contribution in [1.29, 1.82) is 0 Å². The third-order valence-electron chi connectivity index (χ3n) is 2.43. The maximum Gasteiger partial charge on any atom is 0.416 e. The fourth-order valence-electron chi connectivity index (χ4n) is 1.43. The number of alkyl halides is 3. The van der Waals surface area contributed by atoms with Gasteiger partial charge in [-0.25, -0.2) is 8.42 Å². The number of nitrogens with two attached hydrogens (primary N) is 1. The van der Waals surface area contributed by atoms with E-state index in [1.807, 2.05) is 0 Å². The molecule has 0 aromatic heterocycles. The quantitative estimate of drug-likeness (QED) is 0.770. The Kier molecular flexibility index (Phi) is 5.54. The van der Waals surface area contributed by atoms with Crippen molar-refractivity contribution in [3.8, 4) is 0 Å². The van der Waals surface area contributed by atoms with Crippen molar-refractivity contribution >= 4 is 32.9 Å². The summed E-state index contributed by atoms with van der Waals surface area (Å²) in [7, 11) is -2.45. The zero-order valence-corrected chi connectivity index (χ0v) is 12.5. The average molecular weight is 342 g/mol. The summed E-state index contributed by atoms with van der Waals surface area (Å²) in [4.78, 5) is -0.342. The molecule has 0 amide bonds. The Morgan fingerprint density at radius 1 is 1.43 bits per heavy atom. The SMILES string of the molecule is COCCS(=O)(=O)Nc1ccc(C(F)(F)F)cc1C(N)=S. The molecule has 0 spiro atoms. The number of nitrogens with one attached hydrogen (secondary N) is 1. The predicted octanol–water partition coefficient (Wildman–Crippen LogP) is 1.73. The van der Waals surface area contributed by atoms with Crippen LogP contribution in [0.1, 0.15) is 11.1 Å². The Hall–Kier alpha value is -1.39. The summed E-state index contributed by atoms with van der Waals surface area (Å²) in [5, 5.41) is 0. The lowest BCUT2D eigenvalue weighted by molar-refractivity contribution is -0.137. The van der Waals surface area contributed by atoms with Crippen LogP contribution in [0.3, 0.4) is 0 Å². The number of sulfonamides is 1. The summed E-state index contributed by atoms with van der Waals surface area (Å²) in [5.41, 5.74) is 4.08. The summed E-state index contributed by atoms with van der Waals surface area (Å²) < 4.78 is 68.1. The summed E-state index contributed by atoms with van der Waals surface area (Å²) >= 11 is 4.66. The number of hydrogen-bond donors (Lipinski definition) is 2. The fourth-order valence-corrected chi connectivity index (χ4v) is 2.60. The van der Waals surface area contributed by atoms with Gasteiger partial charge in [-0.3, -0.25) is 4.72 Å². The number of methoxy groups -OCH3 is 1. The lowest BCUT2D eigenvalue weighted by atomic mass is 10.1. The minimum atomic E-state index is -4.58. The van der Waals surface area contributed by atoms with Gasteiger partial charge in [-0.2, -0.15) is 13.2 Å². The lowest BCUT2D eigenvalue weighted by Crippen LogP contribution is -2.22. The zero-order valence-electron chi connectivity index (χ0n) is 10.9. The van der Waals surface area contributed by atoms with Crippen molar-refractivity contribution in [2.75, 3.05) is 24.2 Å². The van der Waals surface area contributed by atoms with Crippen LogP contribution in [0.15, 0.2) is 18.2 Å². The molecular formula is C11H13F3N2O3S2. The molecule has 0 radical (unpaired) electrons. The smallest absolute Gasteiger partial charge is 0.389 e. The lowest BCUT2D eigenvalue weighted by Gasteiger charge is -2.14. The molecule has 0 atom stereocenters. The first-order valence-electron chi connectivity index (χ1n) is 5.57. The summed E-state index contributed by atoms with van der Waals surface area (Å²) in [6, 6.07) is 2.42. The highest BCUT2D eigenvalue weighted by Gasteiger charge is 2.31. The standard InChI is InChI=1S/C11H13F3N2O3S2/c1-19-4-5-21(17,18)16-9-3-2-7(11(12,13)14)6-8(9)10(15)20/h2-3,6,16H,4-5H2,1H3,(H2,15,20). The minimum Gasteiger partial charge on any atom is -0.389 e. The Morgan fingerprint density at radius 2 is 2.05 bits per heavy atom. The second-order valence-corrected chi connectivity index (χ2v) is 6.32. The topological polar surface area (TPSA) is 81.4 Å². The molecule has 0 aliphatic rings. The van der Waals surface area contributed by atoms with Crippen LogP contribution >= 0.6 is 12.2 Å².